The van der Waals surface area contributed by atoms with Gasteiger partial charge in [0.25, 0.3) is 0 Å². The molecule has 5 nitrogen and oxygen atoms in total. The van der Waals surface area contributed by atoms with E-state index in [4.69, 9.17) is 9.47 Å². The van der Waals surface area contributed by atoms with Crippen LogP contribution in [0, 0.1) is 5.92 Å². The number of hydrogen-bond donors (Lipinski definition) is 1. The normalized spacial score (nSPS) is 29.5. The number of amides is 1. The average Bonchev–Trinajstić information content (AvgIpc) is 2.47. The van der Waals surface area contributed by atoms with Crippen LogP contribution in [0.4, 0.5) is 0 Å². The summed E-state index contributed by atoms with van der Waals surface area (Å²) in [5, 5.41) is 10.8. The van der Waals surface area contributed by atoms with Crippen LogP contribution in [0.5, 0.6) is 5.75 Å². The number of carbonyl (C=O) groups excluding carboxylic acids is 1. The maximum absolute atomic E-state index is 12.9. The lowest BCUT2D eigenvalue weighted by Gasteiger charge is -2.45. The molecule has 5 heteroatoms. The lowest BCUT2D eigenvalue weighted by molar-refractivity contribution is -0.218. The van der Waals surface area contributed by atoms with E-state index in [2.05, 4.69) is 0 Å². The smallest absolute Gasteiger partial charge is 0.235 e. The fraction of sp³-hybridized carbons (Fsp3) is 0.588. The summed E-state index contributed by atoms with van der Waals surface area (Å²) in [6.45, 7) is 7.17. The van der Waals surface area contributed by atoms with Gasteiger partial charge in [-0.3, -0.25) is 4.79 Å². The van der Waals surface area contributed by atoms with Crippen molar-refractivity contribution in [3.8, 4) is 5.75 Å². The quantitative estimate of drug-likeness (QED) is 0.926. The lowest BCUT2D eigenvalue weighted by atomic mass is 9.81. The summed E-state index contributed by atoms with van der Waals surface area (Å²) < 4.78 is 11.7. The van der Waals surface area contributed by atoms with E-state index in [-0.39, 0.29) is 5.91 Å². The zero-order chi connectivity index (χ0) is 15.9. The van der Waals surface area contributed by atoms with Crippen molar-refractivity contribution in [3.05, 3.63) is 29.3 Å². The molecule has 22 heavy (non-hydrogen) atoms. The Morgan fingerprint density at radius 1 is 1.41 bits per heavy atom. The van der Waals surface area contributed by atoms with E-state index >= 15 is 0 Å². The Hall–Kier alpha value is -1.59. The highest BCUT2D eigenvalue weighted by atomic mass is 16.6. The van der Waals surface area contributed by atoms with E-state index in [9.17, 15) is 9.90 Å². The largest absolute Gasteiger partial charge is 0.461 e. The molecule has 1 N–H and O–H groups in total. The molecule has 1 aromatic rings. The maximum atomic E-state index is 12.9. The van der Waals surface area contributed by atoms with E-state index in [0.717, 1.165) is 17.5 Å². The van der Waals surface area contributed by atoms with E-state index in [1.165, 1.54) is 0 Å². The Kier molecular flexibility index (Phi) is 3.87. The SMILES string of the molecule is CCN(CC)C(=O)[C@@H]1C2OCCc3cccc(c32)O[C@]1(C)O. The first-order valence-electron chi connectivity index (χ1n) is 7.93. The van der Waals surface area contributed by atoms with E-state index in [0.29, 0.717) is 25.4 Å². The Morgan fingerprint density at radius 2 is 2.14 bits per heavy atom. The van der Waals surface area contributed by atoms with Gasteiger partial charge in [-0.1, -0.05) is 12.1 Å². The summed E-state index contributed by atoms with van der Waals surface area (Å²) in [5.74, 6) is -1.83. The second-order valence-electron chi connectivity index (χ2n) is 6.02. The molecule has 1 aromatic carbocycles. The van der Waals surface area contributed by atoms with Crippen molar-refractivity contribution in [1.29, 1.82) is 0 Å². The van der Waals surface area contributed by atoms with Gasteiger partial charge in [0, 0.05) is 25.6 Å². The van der Waals surface area contributed by atoms with Crippen molar-refractivity contribution in [2.45, 2.75) is 39.1 Å². The Labute approximate surface area is 130 Å². The second-order valence-corrected chi connectivity index (χ2v) is 6.02. The Bertz CT molecular complexity index is 580. The first-order valence-corrected chi connectivity index (χ1v) is 7.93. The van der Waals surface area contributed by atoms with Crippen LogP contribution < -0.4 is 4.74 Å². The van der Waals surface area contributed by atoms with Gasteiger partial charge < -0.3 is 19.5 Å². The molecule has 3 rings (SSSR count). The summed E-state index contributed by atoms with van der Waals surface area (Å²) in [4.78, 5) is 14.6. The highest BCUT2D eigenvalue weighted by Gasteiger charge is 2.53. The topological polar surface area (TPSA) is 59.0 Å². The molecule has 2 heterocycles. The third-order valence-electron chi connectivity index (χ3n) is 4.65. The summed E-state index contributed by atoms with van der Waals surface area (Å²) in [6.07, 6.45) is 0.356. The average molecular weight is 305 g/mol. The van der Waals surface area contributed by atoms with Gasteiger partial charge in [-0.15, -0.1) is 0 Å². The minimum Gasteiger partial charge on any atom is -0.461 e. The highest BCUT2D eigenvalue weighted by molar-refractivity contribution is 5.81. The molecule has 0 fully saturated rings. The lowest BCUT2D eigenvalue weighted by Crippen LogP contribution is -2.56. The van der Waals surface area contributed by atoms with Crippen molar-refractivity contribution in [1.82, 2.24) is 4.90 Å². The molecule has 3 atom stereocenters. The molecule has 0 saturated carbocycles. The zero-order valence-corrected chi connectivity index (χ0v) is 13.3. The fourth-order valence-corrected chi connectivity index (χ4v) is 3.52. The second kappa shape index (κ2) is 5.56. The number of carbonyl (C=O) groups is 1. The number of hydrogen-bond acceptors (Lipinski definition) is 4. The standard InChI is InChI=1S/C17H23NO4/c1-4-18(5-2)16(19)14-15-13-11(9-10-21-15)7-6-8-12(13)22-17(14,3)20/h6-8,14-15,20H,4-5,9-10H2,1-3H3/t14-,15?,17-/m0/s1. The number of ether oxygens (including phenoxy) is 2. The maximum Gasteiger partial charge on any atom is 0.235 e. The fourth-order valence-electron chi connectivity index (χ4n) is 3.52. The summed E-state index contributed by atoms with van der Waals surface area (Å²) >= 11 is 0. The molecule has 0 aliphatic carbocycles. The van der Waals surface area contributed by atoms with Crippen molar-refractivity contribution in [2.24, 2.45) is 5.92 Å². The molecule has 2 aliphatic heterocycles. The Morgan fingerprint density at radius 3 is 2.82 bits per heavy atom. The van der Waals surface area contributed by atoms with Gasteiger partial charge >= 0.3 is 0 Å². The van der Waals surface area contributed by atoms with Gasteiger partial charge in [-0.25, -0.2) is 0 Å². The molecule has 1 unspecified atom stereocenters. The third kappa shape index (κ3) is 2.29. The number of nitrogens with zero attached hydrogens (tertiary/aromatic N) is 1. The van der Waals surface area contributed by atoms with Crippen LogP contribution in [0.25, 0.3) is 0 Å². The number of benzene rings is 1. The van der Waals surface area contributed by atoms with Crippen LogP contribution in [-0.4, -0.2) is 41.4 Å². The summed E-state index contributed by atoms with van der Waals surface area (Å²) in [5.41, 5.74) is 2.06. The van der Waals surface area contributed by atoms with Gasteiger partial charge in [-0.05, 0) is 31.9 Å². The third-order valence-corrected chi connectivity index (χ3v) is 4.65. The van der Waals surface area contributed by atoms with Crippen LogP contribution in [0.3, 0.4) is 0 Å². The predicted octanol–water partition coefficient (Wildman–Crippen LogP) is 1.89. The Balaban J connectivity index is 2.07. The van der Waals surface area contributed by atoms with E-state index in [1.54, 1.807) is 11.8 Å². The molecule has 120 valence electrons. The van der Waals surface area contributed by atoms with Gasteiger partial charge in [0.15, 0.2) is 0 Å². The first kappa shape index (κ1) is 15.3. The van der Waals surface area contributed by atoms with Crippen LogP contribution in [0.2, 0.25) is 0 Å². The van der Waals surface area contributed by atoms with Gasteiger partial charge in [0.1, 0.15) is 17.8 Å². The molecule has 0 spiro atoms. The molecule has 1 amide bonds. The monoisotopic (exact) mass is 305 g/mol. The van der Waals surface area contributed by atoms with E-state index < -0.39 is 17.8 Å². The predicted molar refractivity (Wildman–Crippen MR) is 81.5 cm³/mol. The minimum absolute atomic E-state index is 0.123. The van der Waals surface area contributed by atoms with E-state index in [1.807, 2.05) is 32.0 Å². The molecule has 0 saturated heterocycles. The van der Waals surface area contributed by atoms with Gasteiger partial charge in [-0.2, -0.15) is 0 Å². The molecule has 0 bridgehead atoms. The molecular weight excluding hydrogens is 282 g/mol. The molecule has 2 aliphatic rings. The molecule has 0 aromatic heterocycles. The van der Waals surface area contributed by atoms with Crippen molar-refractivity contribution in [3.63, 3.8) is 0 Å². The van der Waals surface area contributed by atoms with Crippen LogP contribution >= 0.6 is 0 Å². The van der Waals surface area contributed by atoms with Crippen molar-refractivity contribution >= 4 is 5.91 Å². The van der Waals surface area contributed by atoms with Gasteiger partial charge in [0.05, 0.1) is 6.61 Å². The van der Waals surface area contributed by atoms with Crippen LogP contribution in [0.15, 0.2) is 18.2 Å². The number of rotatable bonds is 3. The van der Waals surface area contributed by atoms with Crippen molar-refractivity contribution in [2.75, 3.05) is 19.7 Å². The van der Waals surface area contributed by atoms with Gasteiger partial charge in [0.2, 0.25) is 11.7 Å². The van der Waals surface area contributed by atoms with Crippen LogP contribution in [-0.2, 0) is 16.0 Å². The van der Waals surface area contributed by atoms with Crippen molar-refractivity contribution < 1.29 is 19.4 Å². The summed E-state index contributed by atoms with van der Waals surface area (Å²) in [7, 11) is 0. The first-order chi connectivity index (χ1) is 10.5. The molecule has 0 radical (unpaired) electrons. The summed E-state index contributed by atoms with van der Waals surface area (Å²) in [6, 6.07) is 5.78. The highest BCUT2D eigenvalue weighted by Crippen LogP contribution is 2.48. The van der Waals surface area contributed by atoms with Crippen LogP contribution in [0.1, 0.15) is 38.0 Å². The zero-order valence-electron chi connectivity index (χ0n) is 13.3. The minimum atomic E-state index is -1.58. The number of aliphatic hydroxyl groups is 1. The molecular formula is C17H23NO4.